The maximum Gasteiger partial charge on any atom is 2.00 e. The number of carboxylic acids is 1. The van der Waals surface area contributed by atoms with Crippen molar-refractivity contribution in [3.8, 4) is 0 Å². The monoisotopic (exact) mass is 714 g/mol. The van der Waals surface area contributed by atoms with Gasteiger partial charge in [-0.3, -0.25) is 29.1 Å². The molecule has 242 valence electrons. The van der Waals surface area contributed by atoms with Gasteiger partial charge in [0.2, 0.25) is 0 Å². The normalized spacial score (nSPS) is 21.6. The fourth-order valence-electron chi connectivity index (χ4n) is 7.48. The minimum Gasteiger partial charge on any atom is -0.657 e. The minimum absolute atomic E-state index is 0. The predicted octanol–water partition coefficient (Wildman–Crippen LogP) is 5.89. The van der Waals surface area contributed by atoms with Gasteiger partial charge in [-0.1, -0.05) is 50.1 Å². The summed E-state index contributed by atoms with van der Waals surface area (Å²) < 4.78 is 5.15. The molecule has 2 aliphatic heterocycles. The molecule has 5 atom stereocenters. The first-order chi connectivity index (χ1) is 21.5. The van der Waals surface area contributed by atoms with Crippen molar-refractivity contribution in [2.45, 2.75) is 90.4 Å². The van der Waals surface area contributed by atoms with E-state index in [1.54, 1.807) is 0 Å². The van der Waals surface area contributed by atoms with Crippen LogP contribution in [0.1, 0.15) is 137 Å². The van der Waals surface area contributed by atoms with Gasteiger partial charge in [-0.15, -0.1) is 22.1 Å². The van der Waals surface area contributed by atoms with E-state index in [1.807, 2.05) is 39.0 Å². The number of nitrogens with zero attached hydrogens (tertiary/aromatic N) is 4. The Balaban J connectivity index is 0.00000417. The summed E-state index contributed by atoms with van der Waals surface area (Å²) in [6.45, 7) is 11.6. The topological polar surface area (TPSA) is 152 Å². The summed E-state index contributed by atoms with van der Waals surface area (Å²) in [5.41, 5.74) is 8.26. The molecular weight excluding hydrogens is 679 g/mol. The van der Waals surface area contributed by atoms with Crippen molar-refractivity contribution in [1.29, 1.82) is 0 Å². The van der Waals surface area contributed by atoms with Crippen LogP contribution in [0.3, 0.4) is 0 Å². The third-order valence-electron chi connectivity index (χ3n) is 9.95. The van der Waals surface area contributed by atoms with Crippen molar-refractivity contribution in [3.63, 3.8) is 0 Å². The van der Waals surface area contributed by atoms with Gasteiger partial charge in [0.15, 0.2) is 11.6 Å². The number of aryl methyl sites for hydroxylation is 2. The molecule has 3 aromatic heterocycles. The van der Waals surface area contributed by atoms with E-state index >= 15 is 0 Å². The van der Waals surface area contributed by atoms with Gasteiger partial charge in [0.05, 0.1) is 5.92 Å². The molecule has 1 aliphatic carbocycles. The number of rotatable bonds is 8. The molecule has 11 heteroatoms. The maximum absolute atomic E-state index is 14.0. The Kier molecular flexibility index (Phi) is 9.22. The first kappa shape index (κ1) is 33.4. The molecule has 3 unspecified atom stereocenters. The molecule has 3 aromatic rings. The largest absolute Gasteiger partial charge is 2.00 e. The maximum atomic E-state index is 14.0. The van der Waals surface area contributed by atoms with Crippen molar-refractivity contribution < 1.29 is 49.4 Å². The summed E-state index contributed by atoms with van der Waals surface area (Å²) in [6.07, 6.45) is 1.03. The second-order valence-electron chi connectivity index (χ2n) is 12.5. The van der Waals surface area contributed by atoms with Crippen LogP contribution in [0.4, 0.5) is 0 Å². The van der Waals surface area contributed by atoms with E-state index < -0.39 is 11.9 Å². The number of Topliss-reactive ketones (excluding diaryl/α,β-unsaturated/α-hetero) is 2. The average Bonchev–Trinajstić information content (AvgIpc) is 3.72. The van der Waals surface area contributed by atoms with E-state index in [0.29, 0.717) is 62.2 Å². The van der Waals surface area contributed by atoms with Crippen LogP contribution in [0.2, 0.25) is 0 Å². The number of hydrogen-bond donors (Lipinski definition) is 1. The molecule has 46 heavy (non-hydrogen) atoms. The standard InChI is InChI=1S/C35H38N4O6.Pd/c1-7-20-15(2)23-12-28-30(19(6)41)17(4)25(37-28)10-24-16(3)21(8-9-29(42)43)33(38-24)32-22(13-45-14-40)35(44)31-18(5)26(39-34(31)32)11-27(20)36-23;/h10-12,14-16,20-22H,7-9,13H2,1-6H3,(H3,36,37,38,39,41,42,43,44);/q;+2/p-2/t15?,16?,20-,21+,22?;/m1./s1. The number of carbonyl (C=O) groups is 4. The Morgan fingerprint density at radius 1 is 0.957 bits per heavy atom. The van der Waals surface area contributed by atoms with Crippen molar-refractivity contribution in [2.75, 3.05) is 6.61 Å². The van der Waals surface area contributed by atoms with Crippen LogP contribution in [0, 0.1) is 13.8 Å². The van der Waals surface area contributed by atoms with Crippen LogP contribution >= 0.6 is 0 Å². The average molecular weight is 715 g/mol. The van der Waals surface area contributed by atoms with Crippen molar-refractivity contribution in [3.05, 3.63) is 68.8 Å². The number of aromatic nitrogens is 4. The van der Waals surface area contributed by atoms with E-state index in [9.17, 15) is 24.3 Å². The second kappa shape index (κ2) is 12.7. The second-order valence-corrected chi connectivity index (χ2v) is 12.5. The third kappa shape index (κ3) is 5.33. The van der Waals surface area contributed by atoms with Gasteiger partial charge in [0, 0.05) is 64.0 Å². The van der Waals surface area contributed by atoms with E-state index in [4.69, 9.17) is 24.7 Å². The molecule has 0 amide bonds. The smallest absolute Gasteiger partial charge is 0.657 e. The zero-order valence-electron chi connectivity index (χ0n) is 26.6. The minimum atomic E-state index is -0.932. The third-order valence-corrected chi connectivity index (χ3v) is 9.95. The number of ether oxygens (including phenoxy) is 1. The number of ketones is 2. The van der Waals surface area contributed by atoms with E-state index in [1.165, 1.54) is 6.92 Å². The molecule has 5 heterocycles. The van der Waals surface area contributed by atoms with Crippen LogP contribution in [0.5, 0.6) is 0 Å². The number of carbonyl (C=O) groups excluding carboxylic acids is 3. The molecule has 6 rings (SSSR count). The van der Waals surface area contributed by atoms with Crippen molar-refractivity contribution >= 4 is 46.1 Å². The fourth-order valence-corrected chi connectivity index (χ4v) is 7.48. The fraction of sp³-hybridized carbons (Fsp3) is 0.429. The van der Waals surface area contributed by atoms with Crippen molar-refractivity contribution in [2.24, 2.45) is 0 Å². The van der Waals surface area contributed by atoms with Crippen LogP contribution < -0.4 is 9.97 Å². The Labute approximate surface area is 280 Å². The number of carboxylic acid groups (broad SMARTS) is 1. The molecule has 0 aromatic carbocycles. The zero-order chi connectivity index (χ0) is 32.3. The summed E-state index contributed by atoms with van der Waals surface area (Å²) in [5.74, 6) is -2.42. The Hall–Kier alpha value is -3.94. The van der Waals surface area contributed by atoms with Gasteiger partial charge in [-0.05, 0) is 39.2 Å². The van der Waals surface area contributed by atoms with Gasteiger partial charge in [0.1, 0.15) is 6.61 Å². The SMILES string of the molecule is CC[C@H]1c2cc3[n-]c4c(c3C)C(=O)C(COC=O)c4c3nc(cc4[n-]c(cc(n2)C1C)c(C(C)=O)c4C)C(C)[C@@H]3CCC(=O)O.[Pd+2]. The Bertz CT molecular complexity index is 1940. The quantitative estimate of drug-likeness (QED) is 0.170. The van der Waals surface area contributed by atoms with E-state index in [2.05, 4.69) is 13.8 Å². The van der Waals surface area contributed by atoms with Gasteiger partial charge >= 0.3 is 26.4 Å². The molecule has 0 radical (unpaired) electrons. The molecule has 1 N–H and O–H groups in total. The Morgan fingerprint density at radius 2 is 1.59 bits per heavy atom. The number of aliphatic carboxylic acids is 1. The van der Waals surface area contributed by atoms with Gasteiger partial charge in [-0.2, -0.15) is 0 Å². The summed E-state index contributed by atoms with van der Waals surface area (Å²) in [7, 11) is 0. The molecule has 0 fully saturated rings. The summed E-state index contributed by atoms with van der Waals surface area (Å²) in [4.78, 5) is 69.9. The predicted molar refractivity (Wildman–Crippen MR) is 167 cm³/mol. The Morgan fingerprint density at radius 3 is 2.24 bits per heavy atom. The summed E-state index contributed by atoms with van der Waals surface area (Å²) in [6, 6.07) is 5.72. The number of hydrogen-bond acceptors (Lipinski definition) is 7. The summed E-state index contributed by atoms with van der Waals surface area (Å²) in [5, 5.41) is 9.60. The number of fused-ring (bicyclic) bond motifs is 8. The molecule has 10 nitrogen and oxygen atoms in total. The first-order valence-electron chi connectivity index (χ1n) is 15.5. The zero-order valence-corrected chi connectivity index (χ0v) is 28.2. The van der Waals surface area contributed by atoms with Gasteiger partial charge in [-0.25, -0.2) is 0 Å². The van der Waals surface area contributed by atoms with Crippen LogP contribution in [-0.2, 0) is 34.7 Å². The van der Waals surface area contributed by atoms with Crippen LogP contribution in [-0.4, -0.2) is 45.7 Å². The first-order valence-corrected chi connectivity index (χ1v) is 15.5. The van der Waals surface area contributed by atoms with Gasteiger partial charge < -0.3 is 19.8 Å². The molecule has 3 aliphatic rings. The molecule has 0 spiro atoms. The van der Waals surface area contributed by atoms with E-state index in [0.717, 1.165) is 23.4 Å². The molecule has 0 saturated carbocycles. The molecule has 0 saturated heterocycles. The molecular formula is C35H36N4O6Pd. The summed E-state index contributed by atoms with van der Waals surface area (Å²) >= 11 is 0. The van der Waals surface area contributed by atoms with Crippen molar-refractivity contribution in [1.82, 2.24) is 19.9 Å². The molecule has 8 bridgehead atoms. The van der Waals surface area contributed by atoms with E-state index in [-0.39, 0.29) is 75.1 Å². The van der Waals surface area contributed by atoms with Crippen LogP contribution in [0.25, 0.3) is 22.1 Å². The van der Waals surface area contributed by atoms with Crippen LogP contribution in [0.15, 0.2) is 18.2 Å². The van der Waals surface area contributed by atoms with Gasteiger partial charge in [0.25, 0.3) is 6.47 Å².